The van der Waals surface area contributed by atoms with E-state index >= 15 is 0 Å². The van der Waals surface area contributed by atoms with Crippen LogP contribution >= 0.6 is 0 Å². The standard InChI is InChI=1S/C44H29N3O/c1-28-11-8-13-31(25-28)47-41-21-6-4-19-38(41)45-44(47)30-12-9-14-32(26-30)46-39-20-5-2-15-34(39)37-27-29(23-24-40(37)46)33-17-10-18-36-35-16-3-7-22-42(35)48-43(33)36/h2-27H,1H3. The van der Waals surface area contributed by atoms with Crippen LogP contribution < -0.4 is 0 Å². The van der Waals surface area contributed by atoms with Gasteiger partial charge in [-0.15, -0.1) is 0 Å². The molecule has 0 saturated heterocycles. The quantitative estimate of drug-likeness (QED) is 0.197. The van der Waals surface area contributed by atoms with Gasteiger partial charge in [-0.25, -0.2) is 4.98 Å². The number of aromatic nitrogens is 3. The van der Waals surface area contributed by atoms with Crippen molar-refractivity contribution in [2.24, 2.45) is 0 Å². The molecule has 0 radical (unpaired) electrons. The summed E-state index contributed by atoms with van der Waals surface area (Å²) in [6.07, 6.45) is 0. The van der Waals surface area contributed by atoms with Crippen LogP contribution in [-0.4, -0.2) is 14.1 Å². The third kappa shape index (κ3) is 3.99. The largest absolute Gasteiger partial charge is 0.455 e. The molecular weight excluding hydrogens is 587 g/mol. The Morgan fingerprint density at radius 2 is 1.19 bits per heavy atom. The summed E-state index contributed by atoms with van der Waals surface area (Å²) in [5.74, 6) is 0.922. The average Bonchev–Trinajstić information content (AvgIpc) is 3.81. The lowest BCUT2D eigenvalue weighted by molar-refractivity contribution is 0.670. The number of hydrogen-bond acceptors (Lipinski definition) is 2. The lowest BCUT2D eigenvalue weighted by Crippen LogP contribution is -1.99. The second-order valence-corrected chi connectivity index (χ2v) is 12.5. The molecule has 0 spiro atoms. The van der Waals surface area contributed by atoms with Crippen molar-refractivity contribution in [2.75, 3.05) is 0 Å². The van der Waals surface area contributed by atoms with Gasteiger partial charge in [0, 0.05) is 44.0 Å². The Morgan fingerprint density at radius 1 is 0.479 bits per heavy atom. The SMILES string of the molecule is Cc1cccc(-n2c(-c3cccc(-n4c5ccccc5c5cc(-c6cccc7c6oc6ccccc67)ccc54)c3)nc3ccccc32)c1. The molecule has 4 nitrogen and oxygen atoms in total. The van der Waals surface area contributed by atoms with Gasteiger partial charge >= 0.3 is 0 Å². The lowest BCUT2D eigenvalue weighted by Gasteiger charge is -2.13. The number of furan rings is 1. The molecule has 0 unspecified atom stereocenters. The van der Waals surface area contributed by atoms with Gasteiger partial charge in [-0.3, -0.25) is 4.57 Å². The number of imidazole rings is 1. The normalized spacial score (nSPS) is 11.9. The molecule has 0 atom stereocenters. The first-order valence-electron chi connectivity index (χ1n) is 16.3. The van der Waals surface area contributed by atoms with Gasteiger partial charge < -0.3 is 8.98 Å². The first-order valence-corrected chi connectivity index (χ1v) is 16.3. The molecule has 0 aliphatic carbocycles. The second-order valence-electron chi connectivity index (χ2n) is 12.5. The molecule has 226 valence electrons. The minimum atomic E-state index is 0.911. The zero-order valence-corrected chi connectivity index (χ0v) is 26.3. The first-order chi connectivity index (χ1) is 23.7. The second kappa shape index (κ2) is 10.3. The summed E-state index contributed by atoms with van der Waals surface area (Å²) in [6.45, 7) is 2.13. The number of hydrogen-bond donors (Lipinski definition) is 0. The minimum absolute atomic E-state index is 0.911. The summed E-state index contributed by atoms with van der Waals surface area (Å²) >= 11 is 0. The maximum Gasteiger partial charge on any atom is 0.145 e. The van der Waals surface area contributed by atoms with Crippen molar-refractivity contribution in [2.45, 2.75) is 6.92 Å². The van der Waals surface area contributed by atoms with Crippen LogP contribution in [-0.2, 0) is 0 Å². The summed E-state index contributed by atoms with van der Waals surface area (Å²) in [7, 11) is 0. The van der Waals surface area contributed by atoms with Crippen LogP contribution in [0.4, 0.5) is 0 Å². The average molecular weight is 616 g/mol. The Morgan fingerprint density at radius 3 is 2.08 bits per heavy atom. The van der Waals surface area contributed by atoms with E-state index in [9.17, 15) is 0 Å². The van der Waals surface area contributed by atoms with Crippen molar-refractivity contribution >= 4 is 54.8 Å². The molecule has 3 heterocycles. The molecule has 3 aromatic heterocycles. The van der Waals surface area contributed by atoms with Gasteiger partial charge in [-0.1, -0.05) is 97.1 Å². The summed E-state index contributed by atoms with van der Waals surface area (Å²) in [4.78, 5) is 5.17. The highest BCUT2D eigenvalue weighted by atomic mass is 16.3. The zero-order valence-electron chi connectivity index (χ0n) is 26.3. The lowest BCUT2D eigenvalue weighted by atomic mass is 10.0. The van der Waals surface area contributed by atoms with E-state index in [1.807, 2.05) is 12.1 Å². The monoisotopic (exact) mass is 615 g/mol. The van der Waals surface area contributed by atoms with Crippen LogP contribution in [0.3, 0.4) is 0 Å². The van der Waals surface area contributed by atoms with Crippen LogP contribution in [0.1, 0.15) is 5.56 Å². The predicted molar refractivity (Wildman–Crippen MR) is 198 cm³/mol. The van der Waals surface area contributed by atoms with E-state index in [0.29, 0.717) is 0 Å². The Hall–Kier alpha value is -6.39. The molecule has 0 aliphatic rings. The van der Waals surface area contributed by atoms with E-state index in [2.05, 4.69) is 162 Å². The fourth-order valence-electron chi connectivity index (χ4n) is 7.43. The Bertz CT molecular complexity index is 2870. The van der Waals surface area contributed by atoms with Gasteiger partial charge in [0.05, 0.1) is 22.1 Å². The van der Waals surface area contributed by atoms with E-state index < -0.39 is 0 Å². The van der Waals surface area contributed by atoms with Crippen LogP contribution in [0.5, 0.6) is 0 Å². The van der Waals surface area contributed by atoms with Gasteiger partial charge in [-0.05, 0) is 78.7 Å². The van der Waals surface area contributed by atoms with Crippen LogP contribution in [0.25, 0.3) is 88.7 Å². The smallest absolute Gasteiger partial charge is 0.145 e. The highest BCUT2D eigenvalue weighted by molar-refractivity contribution is 6.13. The number of benzene rings is 7. The highest BCUT2D eigenvalue weighted by Crippen LogP contribution is 2.40. The van der Waals surface area contributed by atoms with E-state index in [1.165, 1.54) is 16.3 Å². The Kier molecular flexibility index (Phi) is 5.75. The molecule has 10 rings (SSSR count). The maximum absolute atomic E-state index is 6.42. The summed E-state index contributed by atoms with van der Waals surface area (Å²) < 4.78 is 11.1. The van der Waals surface area contributed by atoms with Crippen molar-refractivity contribution in [3.63, 3.8) is 0 Å². The third-order valence-corrected chi connectivity index (χ3v) is 9.57. The van der Waals surface area contributed by atoms with Crippen molar-refractivity contribution in [1.29, 1.82) is 0 Å². The molecule has 0 aliphatic heterocycles. The molecule has 0 bridgehead atoms. The first kappa shape index (κ1) is 26.8. The molecule has 4 heteroatoms. The van der Waals surface area contributed by atoms with Crippen molar-refractivity contribution in [3.05, 3.63) is 163 Å². The van der Waals surface area contributed by atoms with Gasteiger partial charge in [0.2, 0.25) is 0 Å². The van der Waals surface area contributed by atoms with Crippen LogP contribution in [0.15, 0.2) is 162 Å². The number of para-hydroxylation sites is 5. The number of nitrogens with zero attached hydrogens (tertiary/aromatic N) is 3. The molecule has 7 aromatic carbocycles. The van der Waals surface area contributed by atoms with Gasteiger partial charge in [0.15, 0.2) is 0 Å². The number of aryl methyl sites for hydroxylation is 1. The van der Waals surface area contributed by atoms with Crippen LogP contribution in [0.2, 0.25) is 0 Å². The summed E-state index contributed by atoms with van der Waals surface area (Å²) in [6, 6.07) is 55.9. The number of rotatable bonds is 4. The van der Waals surface area contributed by atoms with E-state index in [4.69, 9.17) is 9.40 Å². The highest BCUT2D eigenvalue weighted by Gasteiger charge is 2.18. The summed E-state index contributed by atoms with van der Waals surface area (Å²) in [5.41, 5.74) is 12.9. The molecule has 0 fully saturated rings. The molecule has 10 aromatic rings. The topological polar surface area (TPSA) is 35.9 Å². The van der Waals surface area contributed by atoms with Gasteiger partial charge in [0.25, 0.3) is 0 Å². The fraction of sp³-hybridized carbons (Fsp3) is 0.0227. The van der Waals surface area contributed by atoms with E-state index in [1.54, 1.807) is 0 Å². The van der Waals surface area contributed by atoms with E-state index in [0.717, 1.165) is 77.9 Å². The Labute approximate surface area is 276 Å². The third-order valence-electron chi connectivity index (χ3n) is 9.57. The minimum Gasteiger partial charge on any atom is -0.455 e. The maximum atomic E-state index is 6.42. The molecule has 0 N–H and O–H groups in total. The predicted octanol–water partition coefficient (Wildman–Crippen LogP) is 11.7. The Balaban J connectivity index is 1.17. The molecular formula is C44H29N3O. The molecule has 0 saturated carbocycles. The summed E-state index contributed by atoms with van der Waals surface area (Å²) in [5, 5.41) is 4.69. The zero-order chi connectivity index (χ0) is 31.8. The van der Waals surface area contributed by atoms with Crippen molar-refractivity contribution < 1.29 is 4.42 Å². The van der Waals surface area contributed by atoms with Gasteiger partial charge in [0.1, 0.15) is 17.0 Å². The number of fused-ring (bicyclic) bond motifs is 7. The van der Waals surface area contributed by atoms with Crippen molar-refractivity contribution in [1.82, 2.24) is 14.1 Å². The van der Waals surface area contributed by atoms with Crippen LogP contribution in [0, 0.1) is 6.92 Å². The van der Waals surface area contributed by atoms with Crippen molar-refractivity contribution in [3.8, 4) is 33.9 Å². The van der Waals surface area contributed by atoms with Gasteiger partial charge in [-0.2, -0.15) is 0 Å². The molecule has 0 amide bonds. The molecule has 48 heavy (non-hydrogen) atoms. The van der Waals surface area contributed by atoms with E-state index in [-0.39, 0.29) is 0 Å². The fourth-order valence-corrected chi connectivity index (χ4v) is 7.43.